The quantitative estimate of drug-likeness (QED) is 0.507. The van der Waals surface area contributed by atoms with Gasteiger partial charge in [-0.25, -0.2) is 0 Å². The van der Waals surface area contributed by atoms with Crippen LogP contribution >= 0.6 is 11.3 Å². The third kappa shape index (κ3) is 0.926. The highest BCUT2D eigenvalue weighted by atomic mass is 32.1. The molecule has 1 heterocycles. The molecule has 5 N–H and O–H groups in total. The maximum Gasteiger partial charge on any atom is 0.305 e. The molecule has 1 aliphatic carbocycles. The molecule has 2 rings (SSSR count). The lowest BCUT2D eigenvalue weighted by Gasteiger charge is -2.00. The van der Waals surface area contributed by atoms with E-state index in [1.807, 2.05) is 0 Å². The van der Waals surface area contributed by atoms with Gasteiger partial charge in [0.05, 0.1) is 5.69 Å². The summed E-state index contributed by atoms with van der Waals surface area (Å²) in [7, 11) is 0. The van der Waals surface area contributed by atoms with Gasteiger partial charge in [-0.3, -0.25) is 4.79 Å². The number of hydrogen-bond acceptors (Lipinski definition) is 4. The summed E-state index contributed by atoms with van der Waals surface area (Å²) >= 11 is 1.17. The molecular weight excluding hydrogens is 162 g/mol. The van der Waals surface area contributed by atoms with Crippen LogP contribution in [0.25, 0.3) is 0 Å². The van der Waals surface area contributed by atoms with E-state index in [0.29, 0.717) is 0 Å². The summed E-state index contributed by atoms with van der Waals surface area (Å²) in [5, 5.41) is 0. The van der Waals surface area contributed by atoms with Gasteiger partial charge in [0.1, 0.15) is 0 Å². The predicted octanol–water partition coefficient (Wildman–Crippen LogP) is -0.160. The molecule has 11 heavy (non-hydrogen) atoms. The number of nitrogens with two attached hydrogens (primary N) is 2. The first-order chi connectivity index (χ1) is 5.18. The highest BCUT2D eigenvalue weighted by Gasteiger charge is 2.28. The summed E-state index contributed by atoms with van der Waals surface area (Å²) in [4.78, 5) is 14.4. The number of nitrogens with one attached hydrogen (secondary N) is 1. The van der Waals surface area contributed by atoms with Crippen molar-refractivity contribution in [1.82, 2.24) is 4.98 Å². The molecule has 0 aliphatic heterocycles. The van der Waals surface area contributed by atoms with Crippen LogP contribution in [0.2, 0.25) is 0 Å². The molecule has 0 spiro atoms. The van der Waals surface area contributed by atoms with Crippen LogP contribution in [-0.4, -0.2) is 4.98 Å². The van der Waals surface area contributed by atoms with Crippen LogP contribution in [0, 0.1) is 0 Å². The zero-order chi connectivity index (χ0) is 8.01. The fourth-order valence-corrected chi connectivity index (χ4v) is 2.32. The topological polar surface area (TPSA) is 84.9 Å². The van der Waals surface area contributed by atoms with Gasteiger partial charge in [0, 0.05) is 17.0 Å². The molecular formula is C6H9N3OS. The largest absolute Gasteiger partial charge is 0.323 e. The molecule has 0 saturated carbocycles. The molecule has 0 bridgehead atoms. The first kappa shape index (κ1) is 7.02. The lowest BCUT2D eigenvalue weighted by atomic mass is 10.2. The Hall–Kier alpha value is -0.650. The fourth-order valence-electron chi connectivity index (χ4n) is 1.40. The number of fused-ring (bicyclic) bond motifs is 1. The molecule has 0 amide bonds. The van der Waals surface area contributed by atoms with Crippen LogP contribution in [-0.2, 0) is 0 Å². The molecule has 2 atom stereocenters. The van der Waals surface area contributed by atoms with Crippen molar-refractivity contribution in [3.05, 3.63) is 20.2 Å². The molecule has 1 aliphatic rings. The van der Waals surface area contributed by atoms with Crippen molar-refractivity contribution < 1.29 is 0 Å². The van der Waals surface area contributed by atoms with Crippen molar-refractivity contribution in [3.8, 4) is 0 Å². The summed E-state index contributed by atoms with van der Waals surface area (Å²) in [5.41, 5.74) is 12.3. The van der Waals surface area contributed by atoms with Gasteiger partial charge in [0.25, 0.3) is 0 Å². The van der Waals surface area contributed by atoms with E-state index in [4.69, 9.17) is 11.5 Å². The summed E-state index contributed by atoms with van der Waals surface area (Å²) in [6.45, 7) is 0. The highest BCUT2D eigenvalue weighted by Crippen LogP contribution is 2.35. The molecule has 1 aromatic heterocycles. The van der Waals surface area contributed by atoms with E-state index >= 15 is 0 Å². The van der Waals surface area contributed by atoms with Crippen molar-refractivity contribution in [2.45, 2.75) is 18.5 Å². The van der Waals surface area contributed by atoms with Crippen LogP contribution in [0.15, 0.2) is 4.79 Å². The van der Waals surface area contributed by atoms with Gasteiger partial charge in [-0.1, -0.05) is 11.3 Å². The summed E-state index contributed by atoms with van der Waals surface area (Å²) < 4.78 is 0. The minimum atomic E-state index is -0.0704. The number of aromatic nitrogens is 1. The molecule has 2 unspecified atom stereocenters. The van der Waals surface area contributed by atoms with Crippen molar-refractivity contribution in [2.24, 2.45) is 11.5 Å². The molecule has 0 saturated heterocycles. The van der Waals surface area contributed by atoms with Gasteiger partial charge in [-0.2, -0.15) is 0 Å². The number of rotatable bonds is 0. The number of thiazole rings is 1. The van der Waals surface area contributed by atoms with Crippen LogP contribution in [0.1, 0.15) is 29.1 Å². The Morgan fingerprint density at radius 3 is 2.82 bits per heavy atom. The zero-order valence-corrected chi connectivity index (χ0v) is 6.65. The lowest BCUT2D eigenvalue weighted by Crippen LogP contribution is -2.11. The van der Waals surface area contributed by atoms with Gasteiger partial charge in [0.2, 0.25) is 0 Å². The van der Waals surface area contributed by atoms with E-state index in [2.05, 4.69) is 4.98 Å². The monoisotopic (exact) mass is 171 g/mol. The first-order valence-corrected chi connectivity index (χ1v) is 4.24. The molecule has 1 aromatic rings. The minimum Gasteiger partial charge on any atom is -0.323 e. The van der Waals surface area contributed by atoms with E-state index in [0.717, 1.165) is 17.0 Å². The van der Waals surface area contributed by atoms with Crippen molar-refractivity contribution in [1.29, 1.82) is 0 Å². The summed E-state index contributed by atoms with van der Waals surface area (Å²) in [5.74, 6) is 0. The van der Waals surface area contributed by atoms with E-state index in [9.17, 15) is 4.79 Å². The normalized spacial score (nSPS) is 28.9. The Bertz CT molecular complexity index is 300. The summed E-state index contributed by atoms with van der Waals surface area (Å²) in [6.07, 6.45) is 0.748. The average molecular weight is 171 g/mol. The Labute approximate surface area is 67.2 Å². The second kappa shape index (κ2) is 2.17. The van der Waals surface area contributed by atoms with Crippen LogP contribution in [0.4, 0.5) is 0 Å². The number of H-pyrrole nitrogens is 1. The van der Waals surface area contributed by atoms with Crippen LogP contribution in [0.3, 0.4) is 0 Å². The fraction of sp³-hybridized carbons (Fsp3) is 0.500. The average Bonchev–Trinajstić information content (AvgIpc) is 2.38. The highest BCUT2D eigenvalue weighted by molar-refractivity contribution is 7.09. The van der Waals surface area contributed by atoms with E-state index in [-0.39, 0.29) is 17.0 Å². The smallest absolute Gasteiger partial charge is 0.305 e. The lowest BCUT2D eigenvalue weighted by molar-refractivity contribution is 0.616. The number of aromatic amines is 1. The van der Waals surface area contributed by atoms with E-state index < -0.39 is 0 Å². The first-order valence-electron chi connectivity index (χ1n) is 3.42. The predicted molar refractivity (Wildman–Crippen MR) is 43.4 cm³/mol. The van der Waals surface area contributed by atoms with Crippen molar-refractivity contribution >= 4 is 11.3 Å². The minimum absolute atomic E-state index is 0.0380. The maximum atomic E-state index is 10.8. The number of hydrogen-bond donors (Lipinski definition) is 3. The van der Waals surface area contributed by atoms with E-state index in [1.165, 1.54) is 11.3 Å². The maximum absolute atomic E-state index is 10.8. The van der Waals surface area contributed by atoms with E-state index in [1.54, 1.807) is 0 Å². The Balaban J connectivity index is 2.58. The molecule has 0 fully saturated rings. The van der Waals surface area contributed by atoms with Gasteiger partial charge in [0.15, 0.2) is 0 Å². The second-order valence-electron chi connectivity index (χ2n) is 2.74. The third-order valence-electron chi connectivity index (χ3n) is 1.92. The molecule has 60 valence electrons. The summed E-state index contributed by atoms with van der Waals surface area (Å²) in [6, 6.07) is -0.108. The van der Waals surface area contributed by atoms with Gasteiger partial charge >= 0.3 is 4.87 Å². The molecule has 4 nitrogen and oxygen atoms in total. The SMILES string of the molecule is NC1CC(N)c2sc(=O)[nH]c21. The van der Waals surface area contributed by atoms with Crippen molar-refractivity contribution in [3.63, 3.8) is 0 Å². The molecule has 0 aromatic carbocycles. The Morgan fingerprint density at radius 1 is 1.45 bits per heavy atom. The Morgan fingerprint density at radius 2 is 2.18 bits per heavy atom. The van der Waals surface area contributed by atoms with Crippen LogP contribution in [0.5, 0.6) is 0 Å². The molecule has 0 radical (unpaired) electrons. The third-order valence-corrected chi connectivity index (χ3v) is 2.95. The standard InChI is InChI=1S/C6H9N3OS/c7-2-1-3(8)5-4(2)9-6(10)11-5/h2-3H,1,7-8H2,(H,9,10). The van der Waals surface area contributed by atoms with Crippen molar-refractivity contribution in [2.75, 3.05) is 0 Å². The zero-order valence-electron chi connectivity index (χ0n) is 5.83. The second-order valence-corrected chi connectivity index (χ2v) is 3.76. The Kier molecular flexibility index (Phi) is 1.38. The van der Waals surface area contributed by atoms with Gasteiger partial charge in [-0.05, 0) is 6.42 Å². The molecule has 5 heteroatoms. The van der Waals surface area contributed by atoms with Gasteiger partial charge < -0.3 is 16.5 Å². The van der Waals surface area contributed by atoms with Crippen LogP contribution < -0.4 is 16.3 Å². The van der Waals surface area contributed by atoms with Gasteiger partial charge in [-0.15, -0.1) is 0 Å².